The molecule has 0 saturated carbocycles. The predicted molar refractivity (Wildman–Crippen MR) is 44.6 cm³/mol. The number of hydrogen-bond acceptors (Lipinski definition) is 1. The minimum atomic E-state index is 0.708. The third-order valence-electron chi connectivity index (χ3n) is 0.899. The summed E-state index contributed by atoms with van der Waals surface area (Å²) in [5.74, 6) is 0.708. The van der Waals surface area contributed by atoms with E-state index in [1.54, 1.807) is 0 Å². The minimum absolute atomic E-state index is 0.708. The van der Waals surface area contributed by atoms with Gasteiger partial charge in [0.05, 0.1) is 0 Å². The molecule has 0 bridgehead atoms. The minimum Gasteiger partial charge on any atom is -0.381 e. The van der Waals surface area contributed by atoms with Crippen LogP contribution in [0.3, 0.4) is 0 Å². The molecule has 0 radical (unpaired) electrons. The Labute approximate surface area is 69.8 Å². The van der Waals surface area contributed by atoms with Gasteiger partial charge in [-0.2, -0.15) is 0 Å². The molecule has 3 heteroatoms. The average Bonchev–Trinajstić information content (AvgIpc) is 2.43. The van der Waals surface area contributed by atoms with Gasteiger partial charge in [0.1, 0.15) is 0 Å². The van der Waals surface area contributed by atoms with E-state index in [2.05, 4.69) is 15.9 Å². The maximum Gasteiger partial charge on any atom is 0.0466 e. The first-order valence-corrected chi connectivity index (χ1v) is 4.77. The van der Waals surface area contributed by atoms with Crippen molar-refractivity contribution in [2.75, 3.05) is 24.4 Å². The van der Waals surface area contributed by atoms with E-state index < -0.39 is 0 Å². The van der Waals surface area contributed by atoms with E-state index in [0.29, 0.717) is 5.88 Å². The maximum absolute atomic E-state index is 5.14. The Bertz CT molecular complexity index is 38.7. The number of rotatable bonds is 1. The molecule has 1 aliphatic heterocycles. The molecule has 1 saturated heterocycles. The van der Waals surface area contributed by atoms with Crippen molar-refractivity contribution in [1.82, 2.24) is 0 Å². The molecule has 0 unspecified atom stereocenters. The van der Waals surface area contributed by atoms with Crippen LogP contribution in [0, 0.1) is 0 Å². The fourth-order valence-corrected chi connectivity index (χ4v) is 0.510. The summed E-state index contributed by atoms with van der Waals surface area (Å²) in [6.07, 6.45) is 2.56. The highest BCUT2D eigenvalue weighted by Gasteiger charge is 1.94. The van der Waals surface area contributed by atoms with Crippen molar-refractivity contribution in [2.45, 2.75) is 12.8 Å². The summed E-state index contributed by atoms with van der Waals surface area (Å²) in [6, 6.07) is 0. The third-order valence-corrected chi connectivity index (χ3v) is 1.94. The second-order valence-electron chi connectivity index (χ2n) is 1.70. The largest absolute Gasteiger partial charge is 0.381 e. The van der Waals surface area contributed by atoms with Gasteiger partial charge in [0.15, 0.2) is 0 Å². The molecular weight excluding hydrogens is 203 g/mol. The standard InChI is InChI=1S/C4H8O.C2H4BrCl/c1-2-4-5-3-1;3-1-2-4/h1-4H2;1-2H2. The molecule has 0 aromatic carbocycles. The molecule has 0 amide bonds. The van der Waals surface area contributed by atoms with Gasteiger partial charge in [0.25, 0.3) is 0 Å². The lowest BCUT2D eigenvalue weighted by Gasteiger charge is -1.76. The zero-order valence-corrected chi connectivity index (χ0v) is 7.75. The zero-order valence-electron chi connectivity index (χ0n) is 5.41. The van der Waals surface area contributed by atoms with Crippen LogP contribution < -0.4 is 0 Å². The van der Waals surface area contributed by atoms with Crippen molar-refractivity contribution < 1.29 is 4.74 Å². The van der Waals surface area contributed by atoms with Crippen LogP contribution in [0.5, 0.6) is 0 Å². The summed E-state index contributed by atoms with van der Waals surface area (Å²) >= 11 is 8.26. The first kappa shape index (κ1) is 9.73. The van der Waals surface area contributed by atoms with Gasteiger partial charge < -0.3 is 4.74 Å². The Balaban J connectivity index is 0.000000148. The third kappa shape index (κ3) is 8.73. The van der Waals surface area contributed by atoms with Crippen LogP contribution >= 0.6 is 27.5 Å². The number of alkyl halides is 2. The number of halogens is 2. The molecular formula is C6H12BrClO. The highest BCUT2D eigenvalue weighted by Crippen LogP contribution is 1.98. The lowest BCUT2D eigenvalue weighted by Crippen LogP contribution is -1.74. The number of hydrogen-bond donors (Lipinski definition) is 0. The molecule has 1 aliphatic rings. The Hall–Kier alpha value is 0.730. The van der Waals surface area contributed by atoms with Crippen molar-refractivity contribution >= 4 is 27.5 Å². The predicted octanol–water partition coefficient (Wildman–Crippen LogP) is 2.42. The van der Waals surface area contributed by atoms with Gasteiger partial charge in [-0.25, -0.2) is 0 Å². The van der Waals surface area contributed by atoms with E-state index in [1.807, 2.05) is 0 Å². The number of ether oxygens (including phenoxy) is 1. The molecule has 1 heterocycles. The summed E-state index contributed by atoms with van der Waals surface area (Å²) < 4.78 is 4.94. The van der Waals surface area contributed by atoms with Crippen LogP contribution in [-0.4, -0.2) is 24.4 Å². The molecule has 0 aliphatic carbocycles. The van der Waals surface area contributed by atoms with Crippen molar-refractivity contribution in [1.29, 1.82) is 0 Å². The lowest BCUT2D eigenvalue weighted by atomic mass is 10.4. The highest BCUT2D eigenvalue weighted by molar-refractivity contribution is 9.09. The van der Waals surface area contributed by atoms with E-state index in [1.165, 1.54) is 12.8 Å². The summed E-state index contributed by atoms with van der Waals surface area (Å²) in [6.45, 7) is 2.00. The molecule has 0 aromatic rings. The van der Waals surface area contributed by atoms with E-state index in [0.717, 1.165) is 18.5 Å². The van der Waals surface area contributed by atoms with E-state index in [9.17, 15) is 0 Å². The molecule has 1 fully saturated rings. The fraction of sp³-hybridized carbons (Fsp3) is 1.00. The normalized spacial score (nSPS) is 16.7. The summed E-state index contributed by atoms with van der Waals surface area (Å²) in [5.41, 5.74) is 0. The summed E-state index contributed by atoms with van der Waals surface area (Å²) in [7, 11) is 0. The molecule has 0 aromatic heterocycles. The SMILES string of the molecule is C1CCOC1.ClCCBr. The summed E-state index contributed by atoms with van der Waals surface area (Å²) in [4.78, 5) is 0. The van der Waals surface area contributed by atoms with Gasteiger partial charge in [0, 0.05) is 24.4 Å². The van der Waals surface area contributed by atoms with Crippen LogP contribution in [0.4, 0.5) is 0 Å². The van der Waals surface area contributed by atoms with E-state index in [-0.39, 0.29) is 0 Å². The van der Waals surface area contributed by atoms with Crippen LogP contribution in [0.25, 0.3) is 0 Å². The van der Waals surface area contributed by atoms with Gasteiger partial charge in [-0.05, 0) is 12.8 Å². The van der Waals surface area contributed by atoms with Crippen LogP contribution in [-0.2, 0) is 4.74 Å². The van der Waals surface area contributed by atoms with Crippen LogP contribution in [0.2, 0.25) is 0 Å². The second kappa shape index (κ2) is 8.73. The molecule has 0 N–H and O–H groups in total. The Morgan fingerprint density at radius 1 is 1.33 bits per heavy atom. The van der Waals surface area contributed by atoms with Gasteiger partial charge in [-0.1, -0.05) is 15.9 Å². The van der Waals surface area contributed by atoms with Crippen LogP contribution in [0.15, 0.2) is 0 Å². The average molecular weight is 216 g/mol. The zero-order chi connectivity index (χ0) is 6.95. The molecule has 1 rings (SSSR count). The van der Waals surface area contributed by atoms with Gasteiger partial charge in [-0.15, -0.1) is 11.6 Å². The lowest BCUT2D eigenvalue weighted by molar-refractivity contribution is 0.198. The van der Waals surface area contributed by atoms with Gasteiger partial charge in [-0.3, -0.25) is 0 Å². The summed E-state index contributed by atoms with van der Waals surface area (Å²) in [5, 5.41) is 0.897. The van der Waals surface area contributed by atoms with Gasteiger partial charge in [0.2, 0.25) is 0 Å². The van der Waals surface area contributed by atoms with E-state index >= 15 is 0 Å². The van der Waals surface area contributed by atoms with Crippen molar-refractivity contribution in [2.24, 2.45) is 0 Å². The first-order valence-electron chi connectivity index (χ1n) is 3.11. The Morgan fingerprint density at radius 3 is 1.89 bits per heavy atom. The van der Waals surface area contributed by atoms with Crippen molar-refractivity contribution in [3.8, 4) is 0 Å². The second-order valence-corrected chi connectivity index (χ2v) is 2.87. The highest BCUT2D eigenvalue weighted by atomic mass is 79.9. The van der Waals surface area contributed by atoms with Crippen LogP contribution in [0.1, 0.15) is 12.8 Å². The molecule has 1 nitrogen and oxygen atoms in total. The van der Waals surface area contributed by atoms with Crippen molar-refractivity contribution in [3.63, 3.8) is 0 Å². The molecule has 56 valence electrons. The van der Waals surface area contributed by atoms with E-state index in [4.69, 9.17) is 16.3 Å². The molecule has 0 spiro atoms. The monoisotopic (exact) mass is 214 g/mol. The smallest absolute Gasteiger partial charge is 0.0466 e. The Morgan fingerprint density at radius 2 is 1.78 bits per heavy atom. The molecule has 9 heavy (non-hydrogen) atoms. The quantitative estimate of drug-likeness (QED) is 0.611. The fourth-order valence-electron chi connectivity index (χ4n) is 0.510. The first-order chi connectivity index (χ1) is 4.41. The van der Waals surface area contributed by atoms with Crippen molar-refractivity contribution in [3.05, 3.63) is 0 Å². The van der Waals surface area contributed by atoms with Gasteiger partial charge >= 0.3 is 0 Å². The Kier molecular flexibility index (Phi) is 9.44. The maximum atomic E-state index is 5.14. The molecule has 0 atom stereocenters. The topological polar surface area (TPSA) is 9.23 Å².